The topological polar surface area (TPSA) is 99.7 Å². The van der Waals surface area contributed by atoms with Gasteiger partial charge in [-0.05, 0) is 36.4 Å². The standard InChI is InChI=1S/C17H18N4O4S/c22-13-20-9-11-21(12-10-20)26(24,25)16-3-1-14(2-4-16)17(23)19-15-5-7-18-8-6-15/h1-8,13H,9-12H2,(H,18,19,23). The third-order valence-electron chi connectivity index (χ3n) is 4.11. The fourth-order valence-corrected chi connectivity index (χ4v) is 4.04. The number of sulfonamides is 1. The maximum atomic E-state index is 12.7. The van der Waals surface area contributed by atoms with E-state index in [1.165, 1.54) is 28.6 Å². The predicted octanol–water partition coefficient (Wildman–Crippen LogP) is 0.797. The Kier molecular flexibility index (Phi) is 5.29. The number of nitrogens with one attached hydrogen (secondary N) is 1. The van der Waals surface area contributed by atoms with Gasteiger partial charge >= 0.3 is 0 Å². The third kappa shape index (κ3) is 3.89. The normalized spacial score (nSPS) is 15.5. The van der Waals surface area contributed by atoms with Crippen molar-refractivity contribution >= 4 is 28.0 Å². The second kappa shape index (κ2) is 7.63. The second-order valence-electron chi connectivity index (χ2n) is 5.76. The van der Waals surface area contributed by atoms with Gasteiger partial charge in [0.15, 0.2) is 0 Å². The lowest BCUT2D eigenvalue weighted by Crippen LogP contribution is -2.47. The number of hydrogen-bond donors (Lipinski definition) is 1. The van der Waals surface area contributed by atoms with Gasteiger partial charge in [0.2, 0.25) is 16.4 Å². The number of nitrogens with zero attached hydrogens (tertiary/aromatic N) is 3. The van der Waals surface area contributed by atoms with E-state index in [0.29, 0.717) is 24.3 Å². The number of piperazine rings is 1. The minimum atomic E-state index is -3.64. The number of amides is 2. The second-order valence-corrected chi connectivity index (χ2v) is 7.70. The number of benzene rings is 1. The molecule has 0 bridgehead atoms. The molecule has 1 aliphatic rings. The van der Waals surface area contributed by atoms with Gasteiger partial charge in [0, 0.05) is 49.8 Å². The molecule has 1 aliphatic heterocycles. The van der Waals surface area contributed by atoms with Gasteiger partial charge < -0.3 is 10.2 Å². The van der Waals surface area contributed by atoms with E-state index in [-0.39, 0.29) is 23.9 Å². The van der Waals surface area contributed by atoms with Crippen molar-refractivity contribution in [3.05, 3.63) is 54.4 Å². The van der Waals surface area contributed by atoms with Gasteiger partial charge in [0.1, 0.15) is 0 Å². The minimum Gasteiger partial charge on any atom is -0.343 e. The molecular weight excluding hydrogens is 356 g/mol. The number of rotatable bonds is 5. The van der Waals surface area contributed by atoms with Crippen molar-refractivity contribution in [1.29, 1.82) is 0 Å². The molecule has 1 N–H and O–H groups in total. The van der Waals surface area contributed by atoms with Crippen LogP contribution in [0.25, 0.3) is 0 Å². The summed E-state index contributed by atoms with van der Waals surface area (Å²) >= 11 is 0. The first-order valence-corrected chi connectivity index (χ1v) is 9.45. The van der Waals surface area contributed by atoms with Gasteiger partial charge in [-0.3, -0.25) is 14.6 Å². The third-order valence-corrected chi connectivity index (χ3v) is 6.03. The number of aromatic nitrogens is 1. The Labute approximate surface area is 151 Å². The summed E-state index contributed by atoms with van der Waals surface area (Å²) in [4.78, 5) is 28.5. The van der Waals surface area contributed by atoms with E-state index in [4.69, 9.17) is 0 Å². The molecule has 0 aliphatic carbocycles. The summed E-state index contributed by atoms with van der Waals surface area (Å²) in [7, 11) is -3.64. The highest BCUT2D eigenvalue weighted by molar-refractivity contribution is 7.89. The van der Waals surface area contributed by atoms with Crippen molar-refractivity contribution < 1.29 is 18.0 Å². The van der Waals surface area contributed by atoms with E-state index in [2.05, 4.69) is 10.3 Å². The zero-order valence-corrected chi connectivity index (χ0v) is 14.7. The largest absolute Gasteiger partial charge is 0.343 e. The zero-order chi connectivity index (χ0) is 18.6. The van der Waals surface area contributed by atoms with Crippen LogP contribution in [0.3, 0.4) is 0 Å². The van der Waals surface area contributed by atoms with Gasteiger partial charge in [-0.1, -0.05) is 0 Å². The van der Waals surface area contributed by atoms with Crippen LogP contribution in [0.5, 0.6) is 0 Å². The first kappa shape index (κ1) is 18.0. The molecule has 0 saturated carbocycles. The lowest BCUT2D eigenvalue weighted by molar-refractivity contribution is -0.119. The number of carbonyl (C=O) groups excluding carboxylic acids is 2. The summed E-state index contributed by atoms with van der Waals surface area (Å²) in [5.74, 6) is -0.334. The van der Waals surface area contributed by atoms with Crippen LogP contribution >= 0.6 is 0 Å². The summed E-state index contributed by atoms with van der Waals surface area (Å²) in [5.41, 5.74) is 0.960. The van der Waals surface area contributed by atoms with Crippen LogP contribution in [0, 0.1) is 0 Å². The molecule has 26 heavy (non-hydrogen) atoms. The summed E-state index contributed by atoms with van der Waals surface area (Å²) in [6.45, 7) is 1.25. The van der Waals surface area contributed by atoms with Gasteiger partial charge in [-0.15, -0.1) is 0 Å². The fraction of sp³-hybridized carbons (Fsp3) is 0.235. The molecule has 136 valence electrons. The summed E-state index contributed by atoms with van der Waals surface area (Å²) in [6, 6.07) is 9.12. The van der Waals surface area contributed by atoms with Gasteiger partial charge in [-0.25, -0.2) is 8.42 Å². The Morgan fingerprint density at radius 1 is 1.00 bits per heavy atom. The molecule has 2 heterocycles. The molecule has 1 aromatic carbocycles. The molecule has 0 unspecified atom stereocenters. The van der Waals surface area contributed by atoms with Crippen LogP contribution in [0.1, 0.15) is 10.4 Å². The Balaban J connectivity index is 1.70. The predicted molar refractivity (Wildman–Crippen MR) is 95.0 cm³/mol. The van der Waals surface area contributed by atoms with E-state index < -0.39 is 10.0 Å². The van der Waals surface area contributed by atoms with Gasteiger partial charge in [-0.2, -0.15) is 4.31 Å². The molecule has 0 atom stereocenters. The van der Waals surface area contributed by atoms with Crippen LogP contribution in [0.15, 0.2) is 53.7 Å². The molecule has 3 rings (SSSR count). The number of anilines is 1. The quantitative estimate of drug-likeness (QED) is 0.780. The van der Waals surface area contributed by atoms with Crippen molar-refractivity contribution in [3.8, 4) is 0 Å². The van der Waals surface area contributed by atoms with Crippen LogP contribution in [-0.4, -0.2) is 61.1 Å². The van der Waals surface area contributed by atoms with Crippen molar-refractivity contribution in [1.82, 2.24) is 14.2 Å². The molecule has 2 aromatic rings. The van der Waals surface area contributed by atoms with Crippen LogP contribution < -0.4 is 5.32 Å². The smallest absolute Gasteiger partial charge is 0.255 e. The van der Waals surface area contributed by atoms with Gasteiger partial charge in [0.05, 0.1) is 4.90 Å². The average Bonchev–Trinajstić information content (AvgIpc) is 2.69. The summed E-state index contributed by atoms with van der Waals surface area (Å²) in [5, 5.41) is 2.71. The first-order chi connectivity index (χ1) is 12.5. The van der Waals surface area contributed by atoms with Crippen molar-refractivity contribution in [3.63, 3.8) is 0 Å². The highest BCUT2D eigenvalue weighted by atomic mass is 32.2. The molecule has 1 fully saturated rings. The van der Waals surface area contributed by atoms with Crippen molar-refractivity contribution in [2.75, 3.05) is 31.5 Å². The Bertz CT molecular complexity index is 877. The molecule has 9 heteroatoms. The van der Waals surface area contributed by atoms with Crippen LogP contribution in [-0.2, 0) is 14.8 Å². The molecule has 8 nitrogen and oxygen atoms in total. The number of carbonyl (C=O) groups is 2. The van der Waals surface area contributed by atoms with Crippen molar-refractivity contribution in [2.24, 2.45) is 0 Å². The average molecular weight is 374 g/mol. The maximum absolute atomic E-state index is 12.7. The lowest BCUT2D eigenvalue weighted by atomic mass is 10.2. The molecule has 1 aromatic heterocycles. The fourth-order valence-electron chi connectivity index (χ4n) is 2.62. The van der Waals surface area contributed by atoms with E-state index >= 15 is 0 Å². The Morgan fingerprint density at radius 2 is 1.62 bits per heavy atom. The molecule has 0 radical (unpaired) electrons. The van der Waals surface area contributed by atoms with Crippen molar-refractivity contribution in [2.45, 2.75) is 4.90 Å². The lowest BCUT2D eigenvalue weighted by Gasteiger charge is -2.31. The monoisotopic (exact) mass is 374 g/mol. The Hall–Kier alpha value is -2.78. The number of pyridine rings is 1. The SMILES string of the molecule is O=CN1CCN(S(=O)(=O)c2ccc(C(=O)Nc3ccncc3)cc2)CC1. The molecular formula is C17H18N4O4S. The molecule has 2 amide bonds. The van der Waals surface area contributed by atoms with E-state index in [0.717, 1.165) is 6.41 Å². The highest BCUT2D eigenvalue weighted by Crippen LogP contribution is 2.18. The minimum absolute atomic E-state index is 0.123. The summed E-state index contributed by atoms with van der Waals surface area (Å²) in [6.07, 6.45) is 3.85. The molecule has 0 spiro atoms. The molecule has 1 saturated heterocycles. The van der Waals surface area contributed by atoms with E-state index in [1.54, 1.807) is 29.4 Å². The summed E-state index contributed by atoms with van der Waals surface area (Å²) < 4.78 is 26.7. The van der Waals surface area contributed by atoms with E-state index in [1.807, 2.05) is 0 Å². The highest BCUT2D eigenvalue weighted by Gasteiger charge is 2.28. The zero-order valence-electron chi connectivity index (χ0n) is 13.9. The Morgan fingerprint density at radius 3 is 2.19 bits per heavy atom. The maximum Gasteiger partial charge on any atom is 0.255 e. The van der Waals surface area contributed by atoms with Gasteiger partial charge in [0.25, 0.3) is 5.91 Å². The van der Waals surface area contributed by atoms with E-state index in [9.17, 15) is 18.0 Å². The number of hydrogen-bond acceptors (Lipinski definition) is 5. The van der Waals surface area contributed by atoms with Crippen LogP contribution in [0.2, 0.25) is 0 Å². The first-order valence-electron chi connectivity index (χ1n) is 8.01. The van der Waals surface area contributed by atoms with Crippen LogP contribution in [0.4, 0.5) is 5.69 Å².